The lowest BCUT2D eigenvalue weighted by atomic mass is 10.1. The summed E-state index contributed by atoms with van der Waals surface area (Å²) in [5, 5.41) is 0. The van der Waals surface area contributed by atoms with E-state index in [1.807, 2.05) is 19.9 Å². The first kappa shape index (κ1) is 8.91. The lowest BCUT2D eigenvalue weighted by Gasteiger charge is -2.17. The van der Waals surface area contributed by atoms with Crippen LogP contribution in [0.4, 0.5) is 0 Å². The first-order valence-corrected chi connectivity index (χ1v) is 4.56. The van der Waals surface area contributed by atoms with Crippen molar-refractivity contribution >= 4 is 5.78 Å². The average molecular weight is 182 g/mol. The zero-order valence-corrected chi connectivity index (χ0v) is 8.16. The lowest BCUT2D eigenvalue weighted by molar-refractivity contribution is -0.145. The number of Topliss-reactive ketones (excluding diaryl/α,β-unsaturated/α-hetero) is 1. The number of fused-ring (bicyclic) bond motifs is 1. The first-order valence-electron chi connectivity index (χ1n) is 4.56. The number of ether oxygens (including phenoxy) is 2. The molecule has 0 radical (unpaired) electrons. The molecule has 13 heavy (non-hydrogen) atoms. The van der Waals surface area contributed by atoms with Gasteiger partial charge >= 0.3 is 0 Å². The standard InChI is InChI=1S/C10H14O3/c1-6(11)7-4-5-8-9(7)13-10(2,3)12-8/h4,8-9H,5H2,1-3H3. The molecule has 2 aliphatic rings. The van der Waals surface area contributed by atoms with Crippen molar-refractivity contribution in [1.82, 2.24) is 0 Å². The second-order valence-corrected chi connectivity index (χ2v) is 4.05. The van der Waals surface area contributed by atoms with Crippen LogP contribution >= 0.6 is 0 Å². The molecule has 2 unspecified atom stereocenters. The molecule has 1 aliphatic carbocycles. The molecule has 0 N–H and O–H groups in total. The van der Waals surface area contributed by atoms with E-state index in [0.29, 0.717) is 0 Å². The molecule has 3 heteroatoms. The monoisotopic (exact) mass is 182 g/mol. The number of hydrogen-bond acceptors (Lipinski definition) is 3. The Balaban J connectivity index is 2.18. The van der Waals surface area contributed by atoms with Gasteiger partial charge in [0.25, 0.3) is 0 Å². The molecule has 0 saturated carbocycles. The molecule has 2 rings (SSSR count). The van der Waals surface area contributed by atoms with Gasteiger partial charge in [0.1, 0.15) is 6.10 Å². The summed E-state index contributed by atoms with van der Waals surface area (Å²) < 4.78 is 11.3. The van der Waals surface area contributed by atoms with Crippen molar-refractivity contribution in [3.05, 3.63) is 11.6 Å². The summed E-state index contributed by atoms with van der Waals surface area (Å²) >= 11 is 0. The highest BCUT2D eigenvalue weighted by molar-refractivity contribution is 5.95. The average Bonchev–Trinajstić information content (AvgIpc) is 2.41. The zero-order valence-electron chi connectivity index (χ0n) is 8.16. The van der Waals surface area contributed by atoms with Gasteiger partial charge in [-0.25, -0.2) is 0 Å². The van der Waals surface area contributed by atoms with Crippen LogP contribution in [-0.4, -0.2) is 23.8 Å². The van der Waals surface area contributed by atoms with Crippen molar-refractivity contribution < 1.29 is 14.3 Å². The fraction of sp³-hybridized carbons (Fsp3) is 0.700. The van der Waals surface area contributed by atoms with E-state index in [4.69, 9.17) is 9.47 Å². The van der Waals surface area contributed by atoms with Crippen molar-refractivity contribution in [2.24, 2.45) is 0 Å². The predicted octanol–water partition coefficient (Wildman–Crippen LogP) is 1.43. The van der Waals surface area contributed by atoms with E-state index in [1.165, 1.54) is 0 Å². The SMILES string of the molecule is CC(=O)C1=CCC2OC(C)(C)OC12. The molecular formula is C10H14O3. The van der Waals surface area contributed by atoms with Crippen LogP contribution in [0, 0.1) is 0 Å². The summed E-state index contributed by atoms with van der Waals surface area (Å²) in [5.41, 5.74) is 0.774. The van der Waals surface area contributed by atoms with E-state index in [2.05, 4.69) is 0 Å². The van der Waals surface area contributed by atoms with Crippen LogP contribution in [-0.2, 0) is 14.3 Å². The molecule has 72 valence electrons. The van der Waals surface area contributed by atoms with E-state index < -0.39 is 5.79 Å². The van der Waals surface area contributed by atoms with Crippen molar-refractivity contribution in [2.45, 2.75) is 45.2 Å². The van der Waals surface area contributed by atoms with Crippen LogP contribution in [0.2, 0.25) is 0 Å². The summed E-state index contributed by atoms with van der Waals surface area (Å²) in [4.78, 5) is 11.2. The Morgan fingerprint density at radius 1 is 1.54 bits per heavy atom. The molecule has 0 bridgehead atoms. The molecule has 2 atom stereocenters. The van der Waals surface area contributed by atoms with E-state index in [-0.39, 0.29) is 18.0 Å². The molecule has 0 aromatic carbocycles. The minimum atomic E-state index is -0.537. The quantitative estimate of drug-likeness (QED) is 0.615. The molecule has 0 aromatic rings. The van der Waals surface area contributed by atoms with Gasteiger partial charge in [0, 0.05) is 5.57 Å². The first-order chi connectivity index (χ1) is 5.99. The highest BCUT2D eigenvalue weighted by Gasteiger charge is 2.46. The normalized spacial score (nSPS) is 35.8. The molecule has 1 heterocycles. The smallest absolute Gasteiger partial charge is 0.164 e. The summed E-state index contributed by atoms with van der Waals surface area (Å²) in [6, 6.07) is 0. The van der Waals surface area contributed by atoms with Gasteiger partial charge in [0.2, 0.25) is 0 Å². The van der Waals surface area contributed by atoms with Crippen molar-refractivity contribution in [2.75, 3.05) is 0 Å². The van der Waals surface area contributed by atoms with E-state index in [1.54, 1.807) is 6.92 Å². The Morgan fingerprint density at radius 2 is 2.23 bits per heavy atom. The molecule has 3 nitrogen and oxygen atoms in total. The van der Waals surface area contributed by atoms with Gasteiger partial charge in [-0.3, -0.25) is 4.79 Å². The van der Waals surface area contributed by atoms with Gasteiger partial charge in [0.05, 0.1) is 6.10 Å². The van der Waals surface area contributed by atoms with Crippen molar-refractivity contribution in [3.8, 4) is 0 Å². The molecule has 0 spiro atoms. The van der Waals surface area contributed by atoms with Gasteiger partial charge in [-0.1, -0.05) is 6.08 Å². The predicted molar refractivity (Wildman–Crippen MR) is 47.2 cm³/mol. The third-order valence-corrected chi connectivity index (χ3v) is 2.47. The van der Waals surface area contributed by atoms with Gasteiger partial charge in [0.15, 0.2) is 11.6 Å². The van der Waals surface area contributed by atoms with E-state index in [0.717, 1.165) is 12.0 Å². The molecule has 1 fully saturated rings. The number of carbonyl (C=O) groups is 1. The summed E-state index contributed by atoms with van der Waals surface area (Å²) in [7, 11) is 0. The Labute approximate surface area is 77.7 Å². The van der Waals surface area contributed by atoms with Crippen LogP contribution in [0.1, 0.15) is 27.2 Å². The van der Waals surface area contributed by atoms with E-state index in [9.17, 15) is 4.79 Å². The van der Waals surface area contributed by atoms with Crippen LogP contribution in [0.25, 0.3) is 0 Å². The summed E-state index contributed by atoms with van der Waals surface area (Å²) in [5.74, 6) is -0.446. The Bertz CT molecular complexity index is 278. The maximum absolute atomic E-state index is 11.2. The van der Waals surface area contributed by atoms with Crippen LogP contribution in [0.15, 0.2) is 11.6 Å². The highest BCUT2D eigenvalue weighted by atomic mass is 16.8. The Morgan fingerprint density at radius 3 is 2.85 bits per heavy atom. The number of rotatable bonds is 1. The molecule has 1 saturated heterocycles. The summed E-state index contributed by atoms with van der Waals surface area (Å²) in [6.45, 7) is 5.33. The van der Waals surface area contributed by atoms with Gasteiger partial charge in [-0.15, -0.1) is 0 Å². The van der Waals surface area contributed by atoms with Crippen LogP contribution in [0.3, 0.4) is 0 Å². The summed E-state index contributed by atoms with van der Waals surface area (Å²) in [6.07, 6.45) is 2.64. The number of ketones is 1. The van der Waals surface area contributed by atoms with Gasteiger partial charge in [-0.05, 0) is 27.2 Å². The minimum Gasteiger partial charge on any atom is -0.344 e. The maximum atomic E-state index is 11.2. The zero-order chi connectivity index (χ0) is 9.64. The Kier molecular flexibility index (Phi) is 1.82. The second kappa shape index (κ2) is 2.66. The number of carbonyl (C=O) groups excluding carboxylic acids is 1. The number of hydrogen-bond donors (Lipinski definition) is 0. The van der Waals surface area contributed by atoms with Gasteiger partial charge in [-0.2, -0.15) is 0 Å². The fourth-order valence-electron chi connectivity index (χ4n) is 1.97. The van der Waals surface area contributed by atoms with E-state index >= 15 is 0 Å². The third kappa shape index (κ3) is 1.42. The highest BCUT2D eigenvalue weighted by Crippen LogP contribution is 2.38. The van der Waals surface area contributed by atoms with Crippen molar-refractivity contribution in [3.63, 3.8) is 0 Å². The molecule has 0 aromatic heterocycles. The fourth-order valence-corrected chi connectivity index (χ4v) is 1.97. The molecule has 0 amide bonds. The second-order valence-electron chi connectivity index (χ2n) is 4.05. The van der Waals surface area contributed by atoms with Crippen molar-refractivity contribution in [1.29, 1.82) is 0 Å². The lowest BCUT2D eigenvalue weighted by Crippen LogP contribution is -2.23. The van der Waals surface area contributed by atoms with Crippen LogP contribution < -0.4 is 0 Å². The Hall–Kier alpha value is -0.670. The molecule has 1 aliphatic heterocycles. The van der Waals surface area contributed by atoms with Gasteiger partial charge < -0.3 is 9.47 Å². The molecular weight excluding hydrogens is 168 g/mol. The topological polar surface area (TPSA) is 35.5 Å². The van der Waals surface area contributed by atoms with Crippen LogP contribution in [0.5, 0.6) is 0 Å². The largest absolute Gasteiger partial charge is 0.344 e. The maximum Gasteiger partial charge on any atom is 0.164 e. The third-order valence-electron chi connectivity index (χ3n) is 2.47. The minimum absolute atomic E-state index is 0.0499.